The van der Waals surface area contributed by atoms with Gasteiger partial charge < -0.3 is 14.6 Å². The van der Waals surface area contributed by atoms with Crippen molar-refractivity contribution in [3.05, 3.63) is 35.7 Å². The molecule has 0 spiro atoms. The van der Waals surface area contributed by atoms with E-state index in [0.29, 0.717) is 12.4 Å². The predicted molar refractivity (Wildman–Crippen MR) is 96.4 cm³/mol. The van der Waals surface area contributed by atoms with E-state index in [1.165, 1.54) is 11.8 Å². The fraction of sp³-hybridized carbons (Fsp3) is 0.471. The van der Waals surface area contributed by atoms with E-state index < -0.39 is 0 Å². The SMILES string of the molecule is CCc1ccccc1NC(=O)CSc1nnc(C)n1CCCOC. The van der Waals surface area contributed by atoms with Gasteiger partial charge in [-0.1, -0.05) is 36.9 Å². The standard InChI is InChI=1S/C17H24N4O2S/c1-4-14-8-5-6-9-15(14)18-16(22)12-24-17-20-19-13(2)21(17)10-7-11-23-3/h5-6,8-9H,4,7,10-12H2,1-3H3,(H,18,22). The first-order valence-electron chi connectivity index (χ1n) is 8.05. The molecule has 1 aromatic carbocycles. The number of hydrogen-bond donors (Lipinski definition) is 1. The number of aryl methyl sites for hydroxylation is 2. The third kappa shape index (κ3) is 5.07. The molecule has 0 atom stereocenters. The van der Waals surface area contributed by atoms with Crippen molar-refractivity contribution in [3.63, 3.8) is 0 Å². The molecule has 2 aromatic rings. The number of thioether (sulfide) groups is 1. The summed E-state index contributed by atoms with van der Waals surface area (Å²) in [6.07, 6.45) is 1.77. The van der Waals surface area contributed by atoms with Crippen molar-refractivity contribution < 1.29 is 9.53 Å². The summed E-state index contributed by atoms with van der Waals surface area (Å²) in [5, 5.41) is 12.0. The second kappa shape index (κ2) is 9.44. The molecule has 24 heavy (non-hydrogen) atoms. The zero-order valence-electron chi connectivity index (χ0n) is 14.4. The lowest BCUT2D eigenvalue weighted by molar-refractivity contribution is -0.113. The Hall–Kier alpha value is -1.86. The summed E-state index contributed by atoms with van der Waals surface area (Å²) >= 11 is 1.40. The fourth-order valence-corrected chi connectivity index (χ4v) is 3.17. The maximum absolute atomic E-state index is 12.2. The maximum Gasteiger partial charge on any atom is 0.234 e. The van der Waals surface area contributed by atoms with Crippen molar-refractivity contribution >= 4 is 23.4 Å². The van der Waals surface area contributed by atoms with Crippen LogP contribution >= 0.6 is 11.8 Å². The lowest BCUT2D eigenvalue weighted by Crippen LogP contribution is -2.16. The van der Waals surface area contributed by atoms with Gasteiger partial charge in [-0.05, 0) is 31.4 Å². The van der Waals surface area contributed by atoms with Gasteiger partial charge in [-0.3, -0.25) is 4.79 Å². The monoisotopic (exact) mass is 348 g/mol. The minimum atomic E-state index is -0.0370. The molecule has 0 aliphatic carbocycles. The minimum absolute atomic E-state index is 0.0370. The van der Waals surface area contributed by atoms with Gasteiger partial charge in [0.05, 0.1) is 5.75 Å². The Morgan fingerprint density at radius 2 is 2.12 bits per heavy atom. The molecule has 1 amide bonds. The van der Waals surface area contributed by atoms with Crippen molar-refractivity contribution in [2.45, 2.75) is 38.4 Å². The largest absolute Gasteiger partial charge is 0.385 e. The van der Waals surface area contributed by atoms with Crippen LogP contribution in [0.15, 0.2) is 29.4 Å². The van der Waals surface area contributed by atoms with E-state index >= 15 is 0 Å². The Labute approximate surface area is 147 Å². The first-order valence-corrected chi connectivity index (χ1v) is 9.03. The van der Waals surface area contributed by atoms with Crippen LogP contribution in [-0.4, -0.2) is 40.1 Å². The van der Waals surface area contributed by atoms with Crippen molar-refractivity contribution in [2.75, 3.05) is 24.8 Å². The first kappa shape index (κ1) is 18.5. The van der Waals surface area contributed by atoms with Gasteiger partial charge >= 0.3 is 0 Å². The van der Waals surface area contributed by atoms with Crippen LogP contribution in [0.5, 0.6) is 0 Å². The maximum atomic E-state index is 12.2. The molecule has 0 saturated heterocycles. The molecular weight excluding hydrogens is 324 g/mol. The number of nitrogens with zero attached hydrogens (tertiary/aromatic N) is 3. The van der Waals surface area contributed by atoms with Gasteiger partial charge in [-0.2, -0.15) is 0 Å². The van der Waals surface area contributed by atoms with Crippen LogP contribution in [0.25, 0.3) is 0 Å². The van der Waals surface area contributed by atoms with Gasteiger partial charge in [0.15, 0.2) is 5.16 Å². The van der Waals surface area contributed by atoms with Crippen LogP contribution < -0.4 is 5.32 Å². The molecule has 0 bridgehead atoms. The summed E-state index contributed by atoms with van der Waals surface area (Å²) in [6, 6.07) is 7.86. The molecule has 130 valence electrons. The van der Waals surface area contributed by atoms with Crippen LogP contribution in [0, 0.1) is 6.92 Å². The van der Waals surface area contributed by atoms with Gasteiger partial charge in [0.2, 0.25) is 5.91 Å². The van der Waals surface area contributed by atoms with Crippen LogP contribution in [0.2, 0.25) is 0 Å². The topological polar surface area (TPSA) is 69.0 Å². The third-order valence-electron chi connectivity index (χ3n) is 3.64. The van der Waals surface area contributed by atoms with E-state index in [4.69, 9.17) is 4.74 Å². The summed E-state index contributed by atoms with van der Waals surface area (Å²) in [6.45, 7) is 5.47. The number of rotatable bonds is 9. The van der Waals surface area contributed by atoms with Gasteiger partial charge in [-0.15, -0.1) is 10.2 Å². The lowest BCUT2D eigenvalue weighted by Gasteiger charge is -2.10. The number of ether oxygens (including phenoxy) is 1. The molecule has 0 aliphatic heterocycles. The number of amides is 1. The lowest BCUT2D eigenvalue weighted by atomic mass is 10.1. The van der Waals surface area contributed by atoms with E-state index in [9.17, 15) is 4.79 Å². The number of benzene rings is 1. The highest BCUT2D eigenvalue weighted by atomic mass is 32.2. The number of aromatic nitrogens is 3. The van der Waals surface area contributed by atoms with E-state index in [2.05, 4.69) is 22.4 Å². The number of para-hydroxylation sites is 1. The van der Waals surface area contributed by atoms with Gasteiger partial charge in [0, 0.05) is 25.9 Å². The number of methoxy groups -OCH3 is 1. The normalized spacial score (nSPS) is 10.8. The Morgan fingerprint density at radius 3 is 2.88 bits per heavy atom. The van der Waals surface area contributed by atoms with E-state index in [0.717, 1.165) is 41.6 Å². The molecule has 0 saturated carbocycles. The van der Waals surface area contributed by atoms with E-state index in [1.807, 2.05) is 35.8 Å². The van der Waals surface area contributed by atoms with E-state index in [1.54, 1.807) is 7.11 Å². The highest BCUT2D eigenvalue weighted by Gasteiger charge is 2.12. The zero-order chi connectivity index (χ0) is 17.4. The number of nitrogens with one attached hydrogen (secondary N) is 1. The van der Waals surface area contributed by atoms with Crippen LogP contribution in [0.3, 0.4) is 0 Å². The van der Waals surface area contributed by atoms with Gasteiger partial charge in [-0.25, -0.2) is 0 Å². The average Bonchev–Trinajstić information content (AvgIpc) is 2.94. The second-order valence-corrected chi connectivity index (χ2v) is 6.32. The summed E-state index contributed by atoms with van der Waals surface area (Å²) in [5.74, 6) is 1.12. The number of carbonyl (C=O) groups excluding carboxylic acids is 1. The molecule has 0 radical (unpaired) electrons. The Morgan fingerprint density at radius 1 is 1.33 bits per heavy atom. The fourth-order valence-electron chi connectivity index (χ4n) is 2.36. The number of hydrogen-bond acceptors (Lipinski definition) is 5. The van der Waals surface area contributed by atoms with Gasteiger partial charge in [0.1, 0.15) is 5.82 Å². The first-order chi connectivity index (χ1) is 11.7. The van der Waals surface area contributed by atoms with Crippen molar-refractivity contribution in [3.8, 4) is 0 Å². The molecule has 7 heteroatoms. The summed E-state index contributed by atoms with van der Waals surface area (Å²) < 4.78 is 7.11. The van der Waals surface area contributed by atoms with Crippen LogP contribution in [0.1, 0.15) is 24.7 Å². The van der Waals surface area contributed by atoms with Gasteiger partial charge in [0.25, 0.3) is 0 Å². The zero-order valence-corrected chi connectivity index (χ0v) is 15.2. The number of anilines is 1. The van der Waals surface area contributed by atoms with Crippen LogP contribution in [-0.2, 0) is 22.5 Å². The smallest absolute Gasteiger partial charge is 0.234 e. The molecular formula is C17H24N4O2S. The quantitative estimate of drug-likeness (QED) is 0.557. The molecule has 0 fully saturated rings. The third-order valence-corrected chi connectivity index (χ3v) is 4.60. The Kier molecular flexibility index (Phi) is 7.27. The van der Waals surface area contributed by atoms with Crippen molar-refractivity contribution in [1.29, 1.82) is 0 Å². The Bertz CT molecular complexity index is 672. The summed E-state index contributed by atoms with van der Waals surface area (Å²) in [7, 11) is 1.69. The average molecular weight is 348 g/mol. The predicted octanol–water partition coefficient (Wildman–Crippen LogP) is 2.92. The van der Waals surface area contributed by atoms with Crippen LogP contribution in [0.4, 0.5) is 5.69 Å². The molecule has 1 heterocycles. The molecule has 1 aromatic heterocycles. The summed E-state index contributed by atoms with van der Waals surface area (Å²) in [5.41, 5.74) is 2.01. The van der Waals surface area contributed by atoms with E-state index in [-0.39, 0.29) is 5.91 Å². The minimum Gasteiger partial charge on any atom is -0.385 e. The van der Waals surface area contributed by atoms with Crippen molar-refractivity contribution in [2.24, 2.45) is 0 Å². The Balaban J connectivity index is 1.92. The summed E-state index contributed by atoms with van der Waals surface area (Å²) in [4.78, 5) is 12.2. The highest BCUT2D eigenvalue weighted by molar-refractivity contribution is 7.99. The second-order valence-electron chi connectivity index (χ2n) is 5.38. The van der Waals surface area contributed by atoms with Crippen molar-refractivity contribution in [1.82, 2.24) is 14.8 Å². The highest BCUT2D eigenvalue weighted by Crippen LogP contribution is 2.19. The molecule has 0 unspecified atom stereocenters. The molecule has 0 aliphatic rings. The molecule has 6 nitrogen and oxygen atoms in total. The number of carbonyl (C=O) groups is 1. The molecule has 1 N–H and O–H groups in total. The molecule has 2 rings (SSSR count).